The Balaban J connectivity index is 2.03. The lowest BCUT2D eigenvalue weighted by Gasteiger charge is -2.22. The Morgan fingerprint density at radius 3 is 2.94 bits per heavy atom. The van der Waals surface area contributed by atoms with Crippen molar-refractivity contribution >= 4 is 21.8 Å². The average Bonchev–Trinajstić information content (AvgIpc) is 2.96. The number of H-pyrrole nitrogens is 1. The minimum absolute atomic E-state index is 0.0279. The topological polar surface area (TPSA) is 88.0 Å². The predicted molar refractivity (Wildman–Crippen MR) is 74.0 cm³/mol. The van der Waals surface area contributed by atoms with Crippen molar-refractivity contribution in [1.82, 2.24) is 9.71 Å². The SMILES string of the molecule is CC1(CNS(=O)(=O)c2c[nH]c(CN)c2)CCCS1. The molecule has 0 saturated carbocycles. The molecule has 1 saturated heterocycles. The normalized spacial score (nSPS) is 24.6. The molecule has 0 spiro atoms. The second-order valence-electron chi connectivity index (χ2n) is 4.79. The first-order valence-corrected chi connectivity index (χ1v) is 8.43. The zero-order chi connectivity index (χ0) is 13.2. The Hall–Kier alpha value is -0.500. The maximum atomic E-state index is 12.1. The molecular weight excluding hydrogens is 270 g/mol. The van der Waals surface area contributed by atoms with Crippen molar-refractivity contribution < 1.29 is 8.42 Å². The van der Waals surface area contributed by atoms with Gasteiger partial charge in [-0.1, -0.05) is 0 Å². The molecule has 1 aromatic heterocycles. The van der Waals surface area contributed by atoms with Crippen LogP contribution < -0.4 is 10.5 Å². The van der Waals surface area contributed by atoms with E-state index in [1.807, 2.05) is 11.8 Å². The summed E-state index contributed by atoms with van der Waals surface area (Å²) < 4.78 is 26.9. The first-order chi connectivity index (χ1) is 8.45. The molecule has 0 aliphatic carbocycles. The fraction of sp³-hybridized carbons (Fsp3) is 0.636. The second-order valence-corrected chi connectivity index (χ2v) is 8.24. The maximum absolute atomic E-state index is 12.1. The molecule has 0 aromatic carbocycles. The third-order valence-corrected chi connectivity index (χ3v) is 6.10. The molecule has 0 radical (unpaired) electrons. The summed E-state index contributed by atoms with van der Waals surface area (Å²) in [5, 5.41) is 0. The number of hydrogen-bond acceptors (Lipinski definition) is 4. The van der Waals surface area contributed by atoms with Crippen molar-refractivity contribution in [1.29, 1.82) is 0 Å². The second kappa shape index (κ2) is 5.24. The number of thioether (sulfide) groups is 1. The van der Waals surface area contributed by atoms with Gasteiger partial charge in [0.2, 0.25) is 10.0 Å². The van der Waals surface area contributed by atoms with E-state index in [4.69, 9.17) is 5.73 Å². The highest BCUT2D eigenvalue weighted by Crippen LogP contribution is 2.37. The highest BCUT2D eigenvalue weighted by Gasteiger charge is 2.31. The van der Waals surface area contributed by atoms with Crippen LogP contribution in [0.3, 0.4) is 0 Å². The van der Waals surface area contributed by atoms with Gasteiger partial charge in [0.25, 0.3) is 0 Å². The van der Waals surface area contributed by atoms with E-state index >= 15 is 0 Å². The van der Waals surface area contributed by atoms with E-state index in [2.05, 4.69) is 16.6 Å². The Labute approximate surface area is 112 Å². The van der Waals surface area contributed by atoms with Gasteiger partial charge in [-0.3, -0.25) is 0 Å². The number of rotatable bonds is 5. The van der Waals surface area contributed by atoms with Gasteiger partial charge in [0, 0.05) is 29.7 Å². The Morgan fingerprint density at radius 2 is 2.39 bits per heavy atom. The van der Waals surface area contributed by atoms with E-state index in [1.165, 1.54) is 6.20 Å². The summed E-state index contributed by atoms with van der Waals surface area (Å²) >= 11 is 1.84. The lowest BCUT2D eigenvalue weighted by molar-refractivity contribution is 0.552. The molecule has 1 aromatic rings. The number of hydrogen-bond donors (Lipinski definition) is 3. The van der Waals surface area contributed by atoms with Crippen molar-refractivity contribution in [3.8, 4) is 0 Å². The molecule has 102 valence electrons. The Bertz CT molecular complexity index is 504. The van der Waals surface area contributed by atoms with E-state index in [-0.39, 0.29) is 9.64 Å². The highest BCUT2D eigenvalue weighted by atomic mass is 32.2. The molecule has 1 aliphatic rings. The quantitative estimate of drug-likeness (QED) is 0.755. The molecule has 2 rings (SSSR count). The molecule has 0 bridgehead atoms. The van der Waals surface area contributed by atoms with Crippen LogP contribution in [0.4, 0.5) is 0 Å². The fourth-order valence-corrected chi connectivity index (χ4v) is 4.52. The molecule has 18 heavy (non-hydrogen) atoms. The number of nitrogens with one attached hydrogen (secondary N) is 2. The van der Waals surface area contributed by atoms with Gasteiger partial charge >= 0.3 is 0 Å². The van der Waals surface area contributed by atoms with Crippen LogP contribution in [0.25, 0.3) is 0 Å². The van der Waals surface area contributed by atoms with E-state index in [0.717, 1.165) is 24.3 Å². The van der Waals surface area contributed by atoms with Gasteiger partial charge in [0.15, 0.2) is 0 Å². The predicted octanol–water partition coefficient (Wildman–Crippen LogP) is 1.04. The molecule has 4 N–H and O–H groups in total. The fourth-order valence-electron chi connectivity index (χ4n) is 2.00. The smallest absolute Gasteiger partial charge is 0.242 e. The van der Waals surface area contributed by atoms with E-state index in [1.54, 1.807) is 6.07 Å². The molecule has 1 fully saturated rings. The van der Waals surface area contributed by atoms with Crippen molar-refractivity contribution in [2.24, 2.45) is 5.73 Å². The molecule has 1 atom stereocenters. The summed E-state index contributed by atoms with van der Waals surface area (Å²) in [7, 11) is -3.43. The van der Waals surface area contributed by atoms with Crippen LogP contribution in [0.2, 0.25) is 0 Å². The van der Waals surface area contributed by atoms with Crippen LogP contribution in [0.15, 0.2) is 17.2 Å². The largest absolute Gasteiger partial charge is 0.363 e. The number of sulfonamides is 1. The van der Waals surface area contributed by atoms with Crippen LogP contribution in [0.5, 0.6) is 0 Å². The number of nitrogens with two attached hydrogens (primary N) is 1. The summed E-state index contributed by atoms with van der Waals surface area (Å²) in [5.74, 6) is 1.11. The van der Waals surface area contributed by atoms with Gasteiger partial charge in [0.1, 0.15) is 0 Å². The zero-order valence-electron chi connectivity index (χ0n) is 10.4. The molecular formula is C11H19N3O2S2. The summed E-state index contributed by atoms with van der Waals surface area (Å²) in [4.78, 5) is 3.11. The van der Waals surface area contributed by atoms with Crippen LogP contribution in [0.1, 0.15) is 25.5 Å². The summed E-state index contributed by atoms with van der Waals surface area (Å²) in [6, 6.07) is 1.58. The van der Waals surface area contributed by atoms with E-state index in [0.29, 0.717) is 13.1 Å². The van der Waals surface area contributed by atoms with Gasteiger partial charge < -0.3 is 10.7 Å². The molecule has 5 nitrogen and oxygen atoms in total. The Kier molecular flexibility index (Phi) is 4.05. The van der Waals surface area contributed by atoms with Crippen molar-refractivity contribution in [2.75, 3.05) is 12.3 Å². The van der Waals surface area contributed by atoms with E-state index in [9.17, 15) is 8.42 Å². The van der Waals surface area contributed by atoms with Crippen LogP contribution in [0, 0.1) is 0 Å². The number of aromatic nitrogens is 1. The monoisotopic (exact) mass is 289 g/mol. The standard InChI is InChI=1S/C11H19N3O2S2/c1-11(3-2-4-17-11)8-14-18(15,16)10-5-9(6-12)13-7-10/h5,7,13-14H,2-4,6,8,12H2,1H3. The van der Waals surface area contributed by atoms with Gasteiger partial charge in [-0.15, -0.1) is 0 Å². The first-order valence-electron chi connectivity index (χ1n) is 5.96. The minimum Gasteiger partial charge on any atom is -0.363 e. The average molecular weight is 289 g/mol. The minimum atomic E-state index is -3.43. The van der Waals surface area contributed by atoms with Gasteiger partial charge in [-0.2, -0.15) is 11.8 Å². The summed E-state index contributed by atoms with van der Waals surface area (Å²) in [6.45, 7) is 2.89. The molecule has 2 heterocycles. The lowest BCUT2D eigenvalue weighted by Crippen LogP contribution is -2.36. The molecule has 0 amide bonds. The van der Waals surface area contributed by atoms with Crippen LogP contribution in [-0.4, -0.2) is 30.4 Å². The maximum Gasteiger partial charge on any atom is 0.242 e. The summed E-state index contributed by atoms with van der Waals surface area (Å²) in [5.41, 5.74) is 6.17. The van der Waals surface area contributed by atoms with Crippen LogP contribution >= 0.6 is 11.8 Å². The van der Waals surface area contributed by atoms with Gasteiger partial charge in [0.05, 0.1) is 4.90 Å². The first kappa shape index (κ1) is 13.9. The van der Waals surface area contributed by atoms with Crippen LogP contribution in [-0.2, 0) is 16.6 Å². The lowest BCUT2D eigenvalue weighted by atomic mass is 10.1. The third kappa shape index (κ3) is 3.09. The van der Waals surface area contributed by atoms with Crippen molar-refractivity contribution in [2.45, 2.75) is 36.0 Å². The number of aromatic amines is 1. The molecule has 1 unspecified atom stereocenters. The highest BCUT2D eigenvalue weighted by molar-refractivity contribution is 8.01. The van der Waals surface area contributed by atoms with Crippen molar-refractivity contribution in [3.63, 3.8) is 0 Å². The van der Waals surface area contributed by atoms with Gasteiger partial charge in [-0.05, 0) is 31.6 Å². The molecule has 7 heteroatoms. The Morgan fingerprint density at radius 1 is 1.61 bits per heavy atom. The van der Waals surface area contributed by atoms with Crippen molar-refractivity contribution in [3.05, 3.63) is 18.0 Å². The summed E-state index contributed by atoms with van der Waals surface area (Å²) in [6.07, 6.45) is 3.69. The van der Waals surface area contributed by atoms with E-state index < -0.39 is 10.0 Å². The zero-order valence-corrected chi connectivity index (χ0v) is 12.0. The molecule has 1 aliphatic heterocycles. The van der Waals surface area contributed by atoms with Gasteiger partial charge in [-0.25, -0.2) is 13.1 Å². The third-order valence-electron chi connectivity index (χ3n) is 3.18.